The molecule has 1 heterocycles. The van der Waals surface area contributed by atoms with E-state index >= 15 is 0 Å². The zero-order valence-electron chi connectivity index (χ0n) is 11.8. The second kappa shape index (κ2) is 6.10. The summed E-state index contributed by atoms with van der Waals surface area (Å²) >= 11 is 1.73. The van der Waals surface area contributed by atoms with Crippen molar-refractivity contribution in [3.63, 3.8) is 0 Å². The van der Waals surface area contributed by atoms with E-state index in [2.05, 4.69) is 29.6 Å². The molecule has 21 heavy (non-hydrogen) atoms. The first-order chi connectivity index (χ1) is 10.2. The van der Waals surface area contributed by atoms with Gasteiger partial charge in [0.05, 0.1) is 5.69 Å². The number of thiophene rings is 1. The average Bonchev–Trinajstić information content (AvgIpc) is 2.97. The highest BCUT2D eigenvalue weighted by Crippen LogP contribution is 2.29. The van der Waals surface area contributed by atoms with Crippen molar-refractivity contribution in [2.45, 2.75) is 13.5 Å². The number of hydrogen-bond donors (Lipinski definition) is 1. The van der Waals surface area contributed by atoms with E-state index in [0.717, 1.165) is 5.56 Å². The van der Waals surface area contributed by atoms with Crippen molar-refractivity contribution < 1.29 is 4.39 Å². The lowest BCUT2D eigenvalue weighted by Crippen LogP contribution is -2.01. The number of hydrogen-bond acceptors (Lipinski definition) is 2. The van der Waals surface area contributed by atoms with Crippen molar-refractivity contribution in [1.82, 2.24) is 0 Å². The Morgan fingerprint density at radius 3 is 2.52 bits per heavy atom. The Morgan fingerprint density at radius 1 is 0.952 bits per heavy atom. The van der Waals surface area contributed by atoms with E-state index in [0.29, 0.717) is 12.2 Å². The number of halogens is 1. The third-order valence-electron chi connectivity index (χ3n) is 3.38. The molecule has 3 rings (SSSR count). The van der Waals surface area contributed by atoms with Gasteiger partial charge in [-0.3, -0.25) is 0 Å². The van der Waals surface area contributed by atoms with Gasteiger partial charge in [0.1, 0.15) is 5.82 Å². The largest absolute Gasteiger partial charge is 0.378 e. The molecule has 1 aromatic heterocycles. The molecule has 106 valence electrons. The molecule has 0 bridgehead atoms. The summed E-state index contributed by atoms with van der Waals surface area (Å²) in [6.07, 6.45) is 0. The van der Waals surface area contributed by atoms with E-state index in [4.69, 9.17) is 0 Å². The van der Waals surface area contributed by atoms with Gasteiger partial charge < -0.3 is 5.32 Å². The summed E-state index contributed by atoms with van der Waals surface area (Å²) in [7, 11) is 0. The molecular weight excluding hydrogens is 281 g/mol. The Balaban J connectivity index is 1.74. The van der Waals surface area contributed by atoms with Crippen LogP contribution in [0.1, 0.15) is 10.4 Å². The summed E-state index contributed by atoms with van der Waals surface area (Å²) in [6, 6.07) is 19.6. The van der Waals surface area contributed by atoms with Crippen LogP contribution < -0.4 is 5.32 Å². The molecule has 0 atom stereocenters. The third-order valence-corrected chi connectivity index (χ3v) is 4.52. The molecule has 0 unspecified atom stereocenters. The van der Waals surface area contributed by atoms with Gasteiger partial charge in [-0.1, -0.05) is 42.5 Å². The lowest BCUT2D eigenvalue weighted by atomic mass is 10.2. The fraction of sp³-hybridized carbons (Fsp3) is 0.111. The summed E-state index contributed by atoms with van der Waals surface area (Å²) in [4.78, 5) is 2.43. The van der Waals surface area contributed by atoms with E-state index < -0.39 is 0 Å². The Kier molecular flexibility index (Phi) is 4.02. The maximum absolute atomic E-state index is 13.8. The van der Waals surface area contributed by atoms with Crippen LogP contribution >= 0.6 is 11.3 Å². The van der Waals surface area contributed by atoms with Gasteiger partial charge in [0.15, 0.2) is 0 Å². The minimum absolute atomic E-state index is 0.199. The summed E-state index contributed by atoms with van der Waals surface area (Å²) < 4.78 is 13.8. The van der Waals surface area contributed by atoms with Gasteiger partial charge in [-0.05, 0) is 36.2 Å². The summed E-state index contributed by atoms with van der Waals surface area (Å²) in [5.41, 5.74) is 2.73. The van der Waals surface area contributed by atoms with Crippen LogP contribution in [0.4, 0.5) is 10.1 Å². The highest BCUT2D eigenvalue weighted by molar-refractivity contribution is 7.15. The quantitative estimate of drug-likeness (QED) is 0.673. The van der Waals surface area contributed by atoms with Crippen LogP contribution in [-0.4, -0.2) is 0 Å². The van der Waals surface area contributed by atoms with E-state index in [9.17, 15) is 4.39 Å². The molecule has 0 amide bonds. The van der Waals surface area contributed by atoms with Gasteiger partial charge >= 0.3 is 0 Å². The van der Waals surface area contributed by atoms with E-state index in [1.165, 1.54) is 21.4 Å². The van der Waals surface area contributed by atoms with Gasteiger partial charge in [0.25, 0.3) is 0 Å². The Hall–Kier alpha value is -2.13. The number of anilines is 1. The first-order valence-corrected chi connectivity index (χ1v) is 7.69. The fourth-order valence-corrected chi connectivity index (χ4v) is 3.21. The molecule has 0 saturated carbocycles. The van der Waals surface area contributed by atoms with Crippen LogP contribution in [0.3, 0.4) is 0 Å². The van der Waals surface area contributed by atoms with Gasteiger partial charge in [-0.15, -0.1) is 11.3 Å². The summed E-state index contributed by atoms with van der Waals surface area (Å²) in [5.74, 6) is -0.199. The van der Waals surface area contributed by atoms with Gasteiger partial charge in [-0.25, -0.2) is 4.39 Å². The molecule has 0 aliphatic rings. The van der Waals surface area contributed by atoms with Crippen LogP contribution in [-0.2, 0) is 6.54 Å². The van der Waals surface area contributed by atoms with Crippen LogP contribution in [0.5, 0.6) is 0 Å². The molecule has 3 aromatic rings. The Morgan fingerprint density at radius 2 is 1.76 bits per heavy atom. The number of para-hydroxylation sites is 1. The molecule has 0 radical (unpaired) electrons. The zero-order valence-corrected chi connectivity index (χ0v) is 12.6. The Labute approximate surface area is 128 Å². The first kappa shape index (κ1) is 13.8. The topological polar surface area (TPSA) is 12.0 Å². The third kappa shape index (κ3) is 3.14. The van der Waals surface area contributed by atoms with Crippen molar-refractivity contribution in [3.05, 3.63) is 76.9 Å². The number of rotatable bonds is 4. The molecule has 0 spiro atoms. The zero-order chi connectivity index (χ0) is 14.7. The van der Waals surface area contributed by atoms with Crippen LogP contribution in [0.2, 0.25) is 0 Å². The molecule has 0 aliphatic heterocycles. The van der Waals surface area contributed by atoms with Crippen molar-refractivity contribution in [3.8, 4) is 10.4 Å². The normalized spacial score (nSPS) is 10.6. The second-order valence-electron chi connectivity index (χ2n) is 4.92. The van der Waals surface area contributed by atoms with E-state index in [1.54, 1.807) is 17.4 Å². The molecule has 1 nitrogen and oxygen atoms in total. The van der Waals surface area contributed by atoms with Crippen molar-refractivity contribution in [1.29, 1.82) is 0 Å². The number of nitrogens with one attached hydrogen (secondary N) is 1. The highest BCUT2D eigenvalue weighted by Gasteiger charge is 2.06. The predicted molar refractivity (Wildman–Crippen MR) is 88.2 cm³/mol. The smallest absolute Gasteiger partial charge is 0.146 e. The summed E-state index contributed by atoms with van der Waals surface area (Å²) in [6.45, 7) is 2.55. The molecule has 1 N–H and O–H groups in total. The average molecular weight is 297 g/mol. The maximum Gasteiger partial charge on any atom is 0.146 e. The van der Waals surface area contributed by atoms with Crippen molar-refractivity contribution in [2.24, 2.45) is 0 Å². The first-order valence-electron chi connectivity index (χ1n) is 6.87. The number of benzene rings is 2. The van der Waals surface area contributed by atoms with E-state index in [1.807, 2.05) is 31.2 Å². The van der Waals surface area contributed by atoms with E-state index in [-0.39, 0.29) is 5.82 Å². The molecule has 0 aliphatic carbocycles. The van der Waals surface area contributed by atoms with Gasteiger partial charge in [0, 0.05) is 16.3 Å². The highest BCUT2D eigenvalue weighted by atomic mass is 32.1. The minimum atomic E-state index is -0.199. The molecule has 3 heteroatoms. The standard InChI is InChI=1S/C18H16FNS/c1-13-6-5-9-16(19)18(13)20-12-15-10-11-17(21-15)14-7-3-2-4-8-14/h2-11,20H,12H2,1H3. The van der Waals surface area contributed by atoms with Crippen LogP contribution in [0.15, 0.2) is 60.7 Å². The summed E-state index contributed by atoms with van der Waals surface area (Å²) in [5, 5.41) is 3.20. The fourth-order valence-electron chi connectivity index (χ4n) is 2.26. The lowest BCUT2D eigenvalue weighted by Gasteiger charge is -2.09. The van der Waals surface area contributed by atoms with Crippen molar-refractivity contribution >= 4 is 17.0 Å². The molecule has 0 saturated heterocycles. The van der Waals surface area contributed by atoms with Crippen LogP contribution in [0, 0.1) is 12.7 Å². The molecule has 2 aromatic carbocycles. The minimum Gasteiger partial charge on any atom is -0.378 e. The number of aryl methyl sites for hydroxylation is 1. The predicted octanol–water partition coefficient (Wildman–Crippen LogP) is 5.47. The van der Waals surface area contributed by atoms with Gasteiger partial charge in [-0.2, -0.15) is 0 Å². The monoisotopic (exact) mass is 297 g/mol. The lowest BCUT2D eigenvalue weighted by molar-refractivity contribution is 0.629. The Bertz CT molecular complexity index is 714. The molecular formula is C18H16FNS. The molecule has 0 fully saturated rings. The van der Waals surface area contributed by atoms with Crippen LogP contribution in [0.25, 0.3) is 10.4 Å². The van der Waals surface area contributed by atoms with Gasteiger partial charge in [0.2, 0.25) is 0 Å². The SMILES string of the molecule is Cc1cccc(F)c1NCc1ccc(-c2ccccc2)s1. The van der Waals surface area contributed by atoms with Crippen molar-refractivity contribution in [2.75, 3.05) is 5.32 Å². The maximum atomic E-state index is 13.8. The second-order valence-corrected chi connectivity index (χ2v) is 6.09.